The second-order valence-corrected chi connectivity index (χ2v) is 4.65. The zero-order valence-corrected chi connectivity index (χ0v) is 10.8. The largest absolute Gasteiger partial charge is 0.465 e. The van der Waals surface area contributed by atoms with Crippen LogP contribution in [-0.2, 0) is 11.3 Å². The molecule has 0 fully saturated rings. The van der Waals surface area contributed by atoms with Crippen LogP contribution in [0.4, 0.5) is 13.9 Å². The summed E-state index contributed by atoms with van der Waals surface area (Å²) in [7, 11) is 1.29. The molecule has 1 heterocycles. The highest BCUT2D eigenvalue weighted by Crippen LogP contribution is 2.19. The lowest BCUT2D eigenvalue weighted by Crippen LogP contribution is -2.00. The molecule has 1 N–H and O–H groups in total. The molecule has 7 heteroatoms. The number of carbonyl (C=O) groups is 1. The van der Waals surface area contributed by atoms with Gasteiger partial charge in [0.05, 0.1) is 13.3 Å². The number of hydrogen-bond acceptors (Lipinski definition) is 5. The maximum absolute atomic E-state index is 13.0. The Kier molecular flexibility index (Phi) is 4.06. The third-order valence-electron chi connectivity index (χ3n) is 2.32. The number of anilines is 1. The number of nitrogens with zero attached hydrogens (tertiary/aromatic N) is 1. The molecule has 0 atom stereocenters. The Morgan fingerprint density at radius 2 is 2.21 bits per heavy atom. The van der Waals surface area contributed by atoms with Crippen molar-refractivity contribution in [3.8, 4) is 0 Å². The Labute approximate surface area is 112 Å². The van der Waals surface area contributed by atoms with Gasteiger partial charge in [0.25, 0.3) is 0 Å². The molecule has 19 heavy (non-hydrogen) atoms. The van der Waals surface area contributed by atoms with Gasteiger partial charge in [0, 0.05) is 6.54 Å². The fourth-order valence-electron chi connectivity index (χ4n) is 1.38. The van der Waals surface area contributed by atoms with Crippen molar-refractivity contribution in [2.75, 3.05) is 12.4 Å². The summed E-state index contributed by atoms with van der Waals surface area (Å²) >= 11 is 1.13. The van der Waals surface area contributed by atoms with Crippen molar-refractivity contribution in [3.63, 3.8) is 0 Å². The number of aromatic nitrogens is 1. The molecule has 0 bridgehead atoms. The fraction of sp³-hybridized carbons (Fsp3) is 0.167. The summed E-state index contributed by atoms with van der Waals surface area (Å²) in [5.74, 6) is -2.24. The second kappa shape index (κ2) is 5.75. The molecule has 0 unspecified atom stereocenters. The highest BCUT2D eigenvalue weighted by molar-refractivity contribution is 7.17. The normalized spacial score (nSPS) is 10.3. The predicted molar refractivity (Wildman–Crippen MR) is 67.1 cm³/mol. The number of rotatable bonds is 4. The lowest BCUT2D eigenvalue weighted by Gasteiger charge is -2.03. The molecule has 100 valence electrons. The van der Waals surface area contributed by atoms with Gasteiger partial charge in [-0.25, -0.2) is 18.6 Å². The Morgan fingerprint density at radius 1 is 1.42 bits per heavy atom. The Morgan fingerprint density at radius 3 is 2.89 bits per heavy atom. The first-order chi connectivity index (χ1) is 9.10. The minimum absolute atomic E-state index is 0.283. The van der Waals surface area contributed by atoms with Crippen LogP contribution in [0.2, 0.25) is 0 Å². The molecule has 1 aromatic carbocycles. The molecule has 4 nitrogen and oxygen atoms in total. The van der Waals surface area contributed by atoms with Crippen LogP contribution < -0.4 is 5.32 Å². The highest BCUT2D eigenvalue weighted by atomic mass is 32.1. The lowest BCUT2D eigenvalue weighted by molar-refractivity contribution is 0.0606. The lowest BCUT2D eigenvalue weighted by atomic mass is 10.2. The van der Waals surface area contributed by atoms with E-state index in [0.29, 0.717) is 15.6 Å². The molecule has 0 spiro atoms. The third kappa shape index (κ3) is 3.25. The predicted octanol–water partition coefficient (Wildman–Crippen LogP) is 2.82. The van der Waals surface area contributed by atoms with Crippen molar-refractivity contribution in [3.05, 3.63) is 46.5 Å². The van der Waals surface area contributed by atoms with Gasteiger partial charge in [-0.05, 0) is 17.7 Å². The van der Waals surface area contributed by atoms with Crippen LogP contribution in [0.1, 0.15) is 15.2 Å². The van der Waals surface area contributed by atoms with Crippen LogP contribution >= 0.6 is 11.3 Å². The molecule has 1 aromatic heterocycles. The maximum Gasteiger partial charge on any atom is 0.349 e. The Hall–Kier alpha value is -2.02. The van der Waals surface area contributed by atoms with E-state index >= 15 is 0 Å². The summed E-state index contributed by atoms with van der Waals surface area (Å²) in [4.78, 5) is 15.6. The van der Waals surface area contributed by atoms with Gasteiger partial charge in [-0.2, -0.15) is 0 Å². The van der Waals surface area contributed by atoms with Gasteiger partial charge in [-0.15, -0.1) is 0 Å². The SMILES string of the molecule is COC(=O)c1cnc(NCc2ccc(F)c(F)c2)s1. The van der Waals surface area contributed by atoms with Crippen molar-refractivity contribution >= 4 is 22.4 Å². The van der Waals surface area contributed by atoms with Crippen molar-refractivity contribution in [1.29, 1.82) is 0 Å². The van der Waals surface area contributed by atoms with E-state index in [1.807, 2.05) is 0 Å². The monoisotopic (exact) mass is 284 g/mol. The van der Waals surface area contributed by atoms with Crippen molar-refractivity contribution in [2.24, 2.45) is 0 Å². The number of halogens is 2. The number of benzene rings is 1. The highest BCUT2D eigenvalue weighted by Gasteiger charge is 2.10. The zero-order valence-electron chi connectivity index (χ0n) is 9.94. The topological polar surface area (TPSA) is 51.2 Å². The molecule has 2 rings (SSSR count). The Bertz CT molecular complexity index is 601. The van der Waals surface area contributed by atoms with Crippen molar-refractivity contribution in [1.82, 2.24) is 4.98 Å². The molecule has 0 radical (unpaired) electrons. The molecule has 2 aromatic rings. The summed E-state index contributed by atoms with van der Waals surface area (Å²) in [6.07, 6.45) is 1.39. The van der Waals surface area contributed by atoms with Gasteiger partial charge in [0.1, 0.15) is 4.88 Å². The minimum Gasteiger partial charge on any atom is -0.465 e. The minimum atomic E-state index is -0.895. The molecule has 0 aliphatic rings. The summed E-state index contributed by atoms with van der Waals surface area (Å²) in [5.41, 5.74) is 0.578. The summed E-state index contributed by atoms with van der Waals surface area (Å²) in [6.45, 7) is 0.283. The number of esters is 1. The second-order valence-electron chi connectivity index (χ2n) is 3.62. The van der Waals surface area contributed by atoms with Crippen molar-refractivity contribution in [2.45, 2.75) is 6.54 Å². The molecule has 0 amide bonds. The first-order valence-corrected chi connectivity index (χ1v) is 6.13. The van der Waals surface area contributed by atoms with Gasteiger partial charge in [-0.3, -0.25) is 0 Å². The van der Waals surface area contributed by atoms with Gasteiger partial charge in [0.15, 0.2) is 16.8 Å². The molecule has 0 saturated carbocycles. The van der Waals surface area contributed by atoms with Crippen LogP contribution in [0.25, 0.3) is 0 Å². The molecular weight excluding hydrogens is 274 g/mol. The number of hydrogen-bond donors (Lipinski definition) is 1. The van der Waals surface area contributed by atoms with E-state index in [1.165, 1.54) is 19.4 Å². The molecular formula is C12H10F2N2O2S. The molecule has 0 aliphatic carbocycles. The van der Waals surface area contributed by atoms with Gasteiger partial charge < -0.3 is 10.1 Å². The number of carbonyl (C=O) groups excluding carboxylic acids is 1. The van der Waals surface area contributed by atoms with E-state index in [2.05, 4.69) is 15.0 Å². The van der Waals surface area contributed by atoms with Gasteiger partial charge in [0.2, 0.25) is 0 Å². The zero-order chi connectivity index (χ0) is 13.8. The van der Waals surface area contributed by atoms with E-state index < -0.39 is 17.6 Å². The molecule has 0 aliphatic heterocycles. The average molecular weight is 284 g/mol. The van der Waals surface area contributed by atoms with E-state index in [9.17, 15) is 13.6 Å². The summed E-state index contributed by atoms with van der Waals surface area (Å²) in [6, 6.07) is 3.64. The summed E-state index contributed by atoms with van der Waals surface area (Å²) in [5, 5.41) is 3.42. The van der Waals surface area contributed by atoms with E-state index in [0.717, 1.165) is 23.5 Å². The number of nitrogens with one attached hydrogen (secondary N) is 1. The van der Waals surface area contributed by atoms with Gasteiger partial charge >= 0.3 is 5.97 Å². The first-order valence-electron chi connectivity index (χ1n) is 5.32. The fourth-order valence-corrected chi connectivity index (χ4v) is 2.11. The van der Waals surface area contributed by atoms with E-state index in [1.54, 1.807) is 0 Å². The molecule has 0 saturated heterocycles. The van der Waals surface area contributed by atoms with Crippen molar-refractivity contribution < 1.29 is 18.3 Å². The first kappa shape index (κ1) is 13.4. The van der Waals surface area contributed by atoms with Crippen LogP contribution in [0.3, 0.4) is 0 Å². The van der Waals surface area contributed by atoms with Crippen LogP contribution in [0.15, 0.2) is 24.4 Å². The smallest absolute Gasteiger partial charge is 0.349 e. The standard InChI is InChI=1S/C12H10F2N2O2S/c1-18-11(17)10-6-16-12(19-10)15-5-7-2-3-8(13)9(14)4-7/h2-4,6H,5H2,1H3,(H,15,16). The number of methoxy groups -OCH3 is 1. The third-order valence-corrected chi connectivity index (χ3v) is 3.26. The Balaban J connectivity index is 2.00. The van der Waals surface area contributed by atoms with Crippen LogP contribution in [0, 0.1) is 11.6 Å². The quantitative estimate of drug-likeness (QED) is 0.877. The van der Waals surface area contributed by atoms with Crippen LogP contribution in [0.5, 0.6) is 0 Å². The van der Waals surface area contributed by atoms with E-state index in [4.69, 9.17) is 0 Å². The average Bonchev–Trinajstić information content (AvgIpc) is 2.88. The van der Waals surface area contributed by atoms with E-state index in [-0.39, 0.29) is 6.54 Å². The number of ether oxygens (including phenoxy) is 1. The van der Waals surface area contributed by atoms with Crippen LogP contribution in [-0.4, -0.2) is 18.1 Å². The summed E-state index contributed by atoms with van der Waals surface area (Å²) < 4.78 is 30.3. The maximum atomic E-state index is 13.0. The van der Waals surface area contributed by atoms with Gasteiger partial charge in [-0.1, -0.05) is 17.4 Å². The number of thiazole rings is 1.